The Morgan fingerprint density at radius 3 is 1.52 bits per heavy atom. The molecule has 0 saturated carbocycles. The Morgan fingerprint density at radius 2 is 1.10 bits per heavy atom. The van der Waals surface area contributed by atoms with Crippen molar-refractivity contribution in [3.63, 3.8) is 0 Å². The summed E-state index contributed by atoms with van der Waals surface area (Å²) in [6.07, 6.45) is 0. The van der Waals surface area contributed by atoms with Gasteiger partial charge in [0.15, 0.2) is 0 Å². The molecule has 9 nitrogen and oxygen atoms in total. The van der Waals surface area contributed by atoms with Crippen LogP contribution in [0.2, 0.25) is 0 Å². The van der Waals surface area contributed by atoms with Crippen molar-refractivity contribution in [3.05, 3.63) is 12.9 Å². The number of carbonyl (C=O) groups excluding carboxylic acids is 2. The van der Waals surface area contributed by atoms with E-state index in [0.29, 0.717) is 82.3 Å². The Bertz CT molecular complexity index is 677. The van der Waals surface area contributed by atoms with Crippen LogP contribution in [0.1, 0.15) is 19.3 Å². The predicted molar refractivity (Wildman–Crippen MR) is 112 cm³/mol. The molecule has 2 N–H and O–H groups in total. The maximum Gasteiger partial charge on any atom is 0.265 e. The van der Waals surface area contributed by atoms with Crippen LogP contribution in [-0.2, 0) is 23.7 Å². The molecule has 0 aromatic carbocycles. The van der Waals surface area contributed by atoms with Crippen LogP contribution in [0.15, 0.2) is 0 Å². The second-order valence-corrected chi connectivity index (χ2v) is 9.06. The third-order valence-corrected chi connectivity index (χ3v) is 6.44. The summed E-state index contributed by atoms with van der Waals surface area (Å²) in [6, 6.07) is 0. The molecule has 2 amide bonds. The lowest BCUT2D eigenvalue weighted by Crippen LogP contribution is -2.37. The van der Waals surface area contributed by atoms with E-state index in [1.54, 1.807) is 4.90 Å². The standard InChI is InChI=1S/C17H26N2O7S3/c18-15(20)13-14(29-17(27)28-13)16(21)19-1-3-22-5-7-24-9-11-26-12-10-25-8-6-23-4-2-19/h1-12H2,(H2,18,20). The number of amides is 2. The van der Waals surface area contributed by atoms with Crippen LogP contribution in [0.25, 0.3) is 0 Å². The van der Waals surface area contributed by atoms with Crippen molar-refractivity contribution in [2.75, 3.05) is 79.2 Å². The van der Waals surface area contributed by atoms with Crippen molar-refractivity contribution in [2.24, 2.45) is 5.73 Å². The fourth-order valence-electron chi connectivity index (χ4n) is 2.37. The van der Waals surface area contributed by atoms with Crippen LogP contribution < -0.4 is 5.73 Å². The Kier molecular flexibility index (Phi) is 11.8. The molecule has 1 aromatic rings. The second kappa shape index (κ2) is 14.1. The third kappa shape index (κ3) is 9.13. The molecule has 29 heavy (non-hydrogen) atoms. The largest absolute Gasteiger partial charge is 0.377 e. The van der Waals surface area contributed by atoms with Crippen molar-refractivity contribution in [1.82, 2.24) is 4.90 Å². The van der Waals surface area contributed by atoms with Gasteiger partial charge in [0.25, 0.3) is 11.8 Å². The van der Waals surface area contributed by atoms with Gasteiger partial charge < -0.3 is 34.3 Å². The van der Waals surface area contributed by atoms with Crippen LogP contribution in [0, 0.1) is 3.14 Å². The summed E-state index contributed by atoms with van der Waals surface area (Å²) in [4.78, 5) is 26.7. The molecule has 1 fully saturated rings. The Balaban J connectivity index is 1.96. The highest BCUT2D eigenvalue weighted by molar-refractivity contribution is 7.76. The van der Waals surface area contributed by atoms with Gasteiger partial charge in [-0.15, -0.1) is 22.7 Å². The Morgan fingerprint density at radius 1 is 0.724 bits per heavy atom. The van der Waals surface area contributed by atoms with Crippen molar-refractivity contribution >= 4 is 46.7 Å². The van der Waals surface area contributed by atoms with Gasteiger partial charge in [0.05, 0.1) is 66.1 Å². The Hall–Kier alpha value is -0.990. The van der Waals surface area contributed by atoms with E-state index >= 15 is 0 Å². The molecule has 1 aromatic heterocycles. The van der Waals surface area contributed by atoms with Crippen molar-refractivity contribution < 1.29 is 33.3 Å². The SMILES string of the molecule is NC(=O)c1sc(=S)sc1C(=O)N1CCOCCOCCOCCOCCOCC1. The van der Waals surface area contributed by atoms with E-state index < -0.39 is 5.91 Å². The highest BCUT2D eigenvalue weighted by atomic mass is 32.2. The van der Waals surface area contributed by atoms with E-state index in [0.717, 1.165) is 22.7 Å². The lowest BCUT2D eigenvalue weighted by atomic mass is 10.3. The maximum atomic E-state index is 13.0. The highest BCUT2D eigenvalue weighted by Gasteiger charge is 2.24. The minimum absolute atomic E-state index is 0.190. The first-order valence-electron chi connectivity index (χ1n) is 9.21. The van der Waals surface area contributed by atoms with Crippen molar-refractivity contribution in [2.45, 2.75) is 0 Å². The molecule has 1 aliphatic rings. The predicted octanol–water partition coefficient (Wildman–Crippen LogP) is 1.18. The number of hydrogen-bond acceptors (Lipinski definition) is 10. The summed E-state index contributed by atoms with van der Waals surface area (Å²) >= 11 is 7.28. The molecule has 0 spiro atoms. The number of hydrogen-bond donors (Lipinski definition) is 1. The number of primary amides is 1. The first-order valence-corrected chi connectivity index (χ1v) is 11.3. The fourth-order valence-corrected chi connectivity index (χ4v) is 4.81. The molecule has 0 atom stereocenters. The average molecular weight is 467 g/mol. The van der Waals surface area contributed by atoms with Crippen LogP contribution in [-0.4, -0.2) is 95.9 Å². The van der Waals surface area contributed by atoms with E-state index in [4.69, 9.17) is 41.6 Å². The molecule has 2 rings (SSSR count). The fraction of sp³-hybridized carbons (Fsp3) is 0.706. The first-order chi connectivity index (χ1) is 14.1. The zero-order valence-electron chi connectivity index (χ0n) is 16.1. The van der Waals surface area contributed by atoms with Gasteiger partial charge in [-0.3, -0.25) is 9.59 Å². The average Bonchev–Trinajstić information content (AvgIpc) is 3.09. The molecule has 1 aliphatic heterocycles. The zero-order chi connectivity index (χ0) is 20.9. The first kappa shape index (κ1) is 24.3. The smallest absolute Gasteiger partial charge is 0.265 e. The summed E-state index contributed by atoms with van der Waals surface area (Å²) in [5.41, 5.74) is 5.39. The molecule has 164 valence electrons. The van der Waals surface area contributed by atoms with Gasteiger partial charge in [-0.2, -0.15) is 0 Å². The van der Waals surface area contributed by atoms with Crippen LogP contribution in [0.5, 0.6) is 0 Å². The molecular weight excluding hydrogens is 440 g/mol. The molecule has 0 bridgehead atoms. The van der Waals surface area contributed by atoms with Gasteiger partial charge in [0.2, 0.25) is 0 Å². The molecule has 2 heterocycles. The van der Waals surface area contributed by atoms with Crippen molar-refractivity contribution in [1.29, 1.82) is 0 Å². The second-order valence-electron chi connectivity index (χ2n) is 5.83. The number of rotatable bonds is 2. The topological polar surface area (TPSA) is 110 Å². The van der Waals surface area contributed by atoms with Crippen LogP contribution >= 0.6 is 34.9 Å². The molecule has 1 saturated heterocycles. The quantitative estimate of drug-likeness (QED) is 0.647. The van der Waals surface area contributed by atoms with Gasteiger partial charge >= 0.3 is 0 Å². The summed E-state index contributed by atoms with van der Waals surface area (Å²) in [5, 5.41) is 0. The highest BCUT2D eigenvalue weighted by Crippen LogP contribution is 2.26. The Labute approximate surface area is 182 Å². The molecule has 0 unspecified atom stereocenters. The zero-order valence-corrected chi connectivity index (χ0v) is 18.5. The number of nitrogens with two attached hydrogens (primary N) is 1. The van der Waals surface area contributed by atoms with Gasteiger partial charge in [-0.1, -0.05) is 12.2 Å². The number of ether oxygens (including phenoxy) is 5. The lowest BCUT2D eigenvalue weighted by Gasteiger charge is -2.22. The van der Waals surface area contributed by atoms with Crippen LogP contribution in [0.3, 0.4) is 0 Å². The molecular formula is C17H26N2O7S3. The normalized spacial score (nSPS) is 19.2. The van der Waals surface area contributed by atoms with Gasteiger partial charge in [-0.25, -0.2) is 0 Å². The number of nitrogens with zero attached hydrogens (tertiary/aromatic N) is 1. The molecule has 12 heteroatoms. The monoisotopic (exact) mass is 466 g/mol. The maximum absolute atomic E-state index is 13.0. The van der Waals surface area contributed by atoms with E-state index in [2.05, 4.69) is 0 Å². The van der Waals surface area contributed by atoms with Gasteiger partial charge in [0, 0.05) is 13.1 Å². The molecule has 0 radical (unpaired) electrons. The molecule has 0 aliphatic carbocycles. The van der Waals surface area contributed by atoms with Crippen molar-refractivity contribution in [3.8, 4) is 0 Å². The minimum atomic E-state index is -0.655. The van der Waals surface area contributed by atoms with E-state index in [-0.39, 0.29) is 15.7 Å². The van der Waals surface area contributed by atoms with E-state index in [1.165, 1.54) is 0 Å². The number of carbonyl (C=O) groups is 2. The van der Waals surface area contributed by atoms with E-state index in [1.807, 2.05) is 0 Å². The third-order valence-electron chi connectivity index (χ3n) is 3.78. The lowest BCUT2D eigenvalue weighted by molar-refractivity contribution is -0.0175. The minimum Gasteiger partial charge on any atom is -0.377 e. The summed E-state index contributed by atoms with van der Waals surface area (Å²) in [5.74, 6) is -0.958. The summed E-state index contributed by atoms with van der Waals surface area (Å²) in [7, 11) is 0. The summed E-state index contributed by atoms with van der Waals surface area (Å²) in [6.45, 7) is 5.00. The summed E-state index contributed by atoms with van der Waals surface area (Å²) < 4.78 is 27.8. The van der Waals surface area contributed by atoms with E-state index in [9.17, 15) is 9.59 Å². The van der Waals surface area contributed by atoms with Gasteiger partial charge in [0.1, 0.15) is 12.9 Å². The van der Waals surface area contributed by atoms with Crippen LogP contribution in [0.4, 0.5) is 0 Å². The van der Waals surface area contributed by atoms with Gasteiger partial charge in [-0.05, 0) is 0 Å².